The van der Waals surface area contributed by atoms with Crippen molar-refractivity contribution < 1.29 is 23.0 Å². The molecule has 0 spiro atoms. The van der Waals surface area contributed by atoms with E-state index in [4.69, 9.17) is 4.98 Å². The Morgan fingerprint density at radius 2 is 1.81 bits per heavy atom. The molecular weight excluding hydrogens is 467 g/mol. The van der Waals surface area contributed by atoms with Gasteiger partial charge in [0.05, 0.1) is 16.6 Å². The van der Waals surface area contributed by atoms with Gasteiger partial charge >= 0.3 is 6.36 Å². The van der Waals surface area contributed by atoms with Gasteiger partial charge in [0.25, 0.3) is 0 Å². The molecule has 0 aliphatic heterocycles. The van der Waals surface area contributed by atoms with Gasteiger partial charge in [0.1, 0.15) is 5.75 Å². The molecule has 1 aliphatic rings. The molecule has 4 rings (SSSR count). The van der Waals surface area contributed by atoms with E-state index >= 15 is 0 Å². The van der Waals surface area contributed by atoms with Crippen molar-refractivity contribution in [2.24, 2.45) is 11.3 Å². The minimum atomic E-state index is -4.73. The summed E-state index contributed by atoms with van der Waals surface area (Å²) in [5.74, 6) is 0.971. The minimum Gasteiger partial charge on any atom is -0.406 e. The number of nitrogens with zero attached hydrogens (tertiary/aromatic N) is 2. The number of imidazole rings is 1. The summed E-state index contributed by atoms with van der Waals surface area (Å²) >= 11 is 0. The summed E-state index contributed by atoms with van der Waals surface area (Å²) in [6.07, 6.45) is -0.135. The van der Waals surface area contributed by atoms with Crippen LogP contribution in [0.2, 0.25) is 0 Å². The summed E-state index contributed by atoms with van der Waals surface area (Å²) in [7, 11) is 0. The van der Waals surface area contributed by atoms with Crippen LogP contribution in [-0.4, -0.2) is 26.6 Å². The fourth-order valence-corrected chi connectivity index (χ4v) is 5.57. The number of aromatic nitrogens is 2. The van der Waals surface area contributed by atoms with Crippen LogP contribution >= 0.6 is 0 Å². The topological polar surface area (TPSA) is 59.3 Å². The number of ether oxygens (including phenoxy) is 1. The Bertz CT molecular complexity index is 1190. The second-order valence-electron chi connectivity index (χ2n) is 11.7. The quantitative estimate of drug-likeness (QED) is 0.346. The summed E-state index contributed by atoms with van der Waals surface area (Å²) in [5.41, 5.74) is 3.07. The van der Waals surface area contributed by atoms with Crippen molar-refractivity contribution in [1.29, 1.82) is 0 Å². The van der Waals surface area contributed by atoms with E-state index in [1.807, 2.05) is 0 Å². The van der Waals surface area contributed by atoms with E-state index in [-0.39, 0.29) is 17.2 Å². The van der Waals surface area contributed by atoms with Crippen LogP contribution in [0, 0.1) is 11.3 Å². The lowest BCUT2D eigenvalue weighted by atomic mass is 9.70. The van der Waals surface area contributed by atoms with Crippen LogP contribution in [0.4, 0.5) is 24.8 Å². The first-order valence-electron chi connectivity index (χ1n) is 12.5. The molecule has 0 bridgehead atoms. The normalized spacial score (nSPS) is 20.5. The number of benzene rings is 2. The first-order valence-corrected chi connectivity index (χ1v) is 12.5. The molecule has 1 unspecified atom stereocenters. The number of anilines is 2. The molecule has 0 amide bonds. The number of aliphatic hydroxyl groups is 1. The zero-order valence-corrected chi connectivity index (χ0v) is 21.6. The molecule has 1 heterocycles. The van der Waals surface area contributed by atoms with E-state index in [1.165, 1.54) is 18.6 Å². The number of fused-ring (bicyclic) bond motifs is 1. The summed E-state index contributed by atoms with van der Waals surface area (Å²) in [5, 5.41) is 13.5. The Balaban J connectivity index is 1.69. The van der Waals surface area contributed by atoms with E-state index in [2.05, 4.69) is 53.6 Å². The molecular formula is C28H36F3N3O2. The number of hydrogen-bond acceptors (Lipinski definition) is 4. The molecule has 1 aliphatic carbocycles. The van der Waals surface area contributed by atoms with Crippen LogP contribution < -0.4 is 10.1 Å². The number of nitrogens with one attached hydrogen (secondary N) is 1. The van der Waals surface area contributed by atoms with Crippen molar-refractivity contribution in [3.8, 4) is 5.75 Å². The van der Waals surface area contributed by atoms with Crippen molar-refractivity contribution in [2.45, 2.75) is 84.7 Å². The smallest absolute Gasteiger partial charge is 0.406 e. The summed E-state index contributed by atoms with van der Waals surface area (Å²) in [6, 6.07) is 12.2. The van der Waals surface area contributed by atoms with Gasteiger partial charge in [-0.15, -0.1) is 13.2 Å². The molecule has 36 heavy (non-hydrogen) atoms. The van der Waals surface area contributed by atoms with Gasteiger partial charge in [0.15, 0.2) is 0 Å². The molecule has 0 saturated heterocycles. The van der Waals surface area contributed by atoms with Crippen molar-refractivity contribution in [1.82, 2.24) is 9.55 Å². The highest BCUT2D eigenvalue weighted by Crippen LogP contribution is 2.46. The molecule has 1 fully saturated rings. The fourth-order valence-electron chi connectivity index (χ4n) is 5.57. The van der Waals surface area contributed by atoms with Crippen molar-refractivity contribution >= 4 is 22.7 Å². The Morgan fingerprint density at radius 1 is 1.11 bits per heavy atom. The lowest BCUT2D eigenvalue weighted by Gasteiger charge is -2.40. The van der Waals surface area contributed by atoms with Gasteiger partial charge in [0, 0.05) is 11.7 Å². The highest BCUT2D eigenvalue weighted by molar-refractivity contribution is 5.81. The standard InChI is InChI=1S/C28H36F3N3O2/c1-18-14-21(17-26(2,3)16-18)34-24-11-6-19(12-13-27(4,5)35)15-23(24)33-25(34)32-20-7-9-22(10-8-20)36-28(29,30)31/h6-11,15,18,21,35H,12-14,16-17H2,1-5H3,(H,32,33)/t18-,21?/m0/s1. The zero-order chi connectivity index (χ0) is 26.3. The van der Waals surface area contributed by atoms with E-state index in [0.29, 0.717) is 24.0 Å². The Labute approximate surface area is 210 Å². The van der Waals surface area contributed by atoms with Crippen LogP contribution in [0.5, 0.6) is 5.75 Å². The number of hydrogen-bond donors (Lipinski definition) is 2. The molecule has 3 aromatic rings. The maximum atomic E-state index is 12.5. The average Bonchev–Trinajstić information content (AvgIpc) is 3.07. The first kappa shape index (κ1) is 26.3. The molecule has 2 N–H and O–H groups in total. The van der Waals surface area contributed by atoms with Gasteiger partial charge in [-0.3, -0.25) is 0 Å². The van der Waals surface area contributed by atoms with Crippen LogP contribution in [0.25, 0.3) is 11.0 Å². The third kappa shape index (κ3) is 6.72. The monoisotopic (exact) mass is 503 g/mol. The lowest BCUT2D eigenvalue weighted by molar-refractivity contribution is -0.274. The van der Waals surface area contributed by atoms with E-state index in [1.54, 1.807) is 26.0 Å². The molecule has 196 valence electrons. The predicted octanol–water partition coefficient (Wildman–Crippen LogP) is 7.77. The van der Waals surface area contributed by atoms with Crippen molar-refractivity contribution in [2.75, 3.05) is 5.32 Å². The molecule has 1 aromatic heterocycles. The highest BCUT2D eigenvalue weighted by atomic mass is 19.4. The number of rotatable bonds is 7. The summed E-state index contributed by atoms with van der Waals surface area (Å²) in [4.78, 5) is 4.92. The minimum absolute atomic E-state index is 0.194. The van der Waals surface area contributed by atoms with E-state index < -0.39 is 12.0 Å². The molecule has 0 radical (unpaired) electrons. The first-order chi connectivity index (χ1) is 16.7. The predicted molar refractivity (Wildman–Crippen MR) is 137 cm³/mol. The SMILES string of the molecule is C[C@H]1CC(n2c(Nc3ccc(OC(F)(F)F)cc3)nc3cc(CCC(C)(C)O)ccc32)CC(C)(C)C1. The third-order valence-corrected chi connectivity index (χ3v) is 6.85. The van der Waals surface area contributed by atoms with Crippen LogP contribution in [0.3, 0.4) is 0 Å². The number of halogens is 3. The second-order valence-corrected chi connectivity index (χ2v) is 11.7. The Morgan fingerprint density at radius 3 is 2.42 bits per heavy atom. The van der Waals surface area contributed by atoms with E-state index in [0.717, 1.165) is 35.9 Å². The van der Waals surface area contributed by atoms with Gasteiger partial charge in [-0.1, -0.05) is 26.8 Å². The maximum Gasteiger partial charge on any atom is 0.573 e. The summed E-state index contributed by atoms with van der Waals surface area (Å²) < 4.78 is 43.9. The Kier molecular flexibility index (Phi) is 7.03. The number of aryl methyl sites for hydroxylation is 1. The zero-order valence-electron chi connectivity index (χ0n) is 21.6. The third-order valence-electron chi connectivity index (χ3n) is 6.85. The maximum absolute atomic E-state index is 12.5. The summed E-state index contributed by atoms with van der Waals surface area (Å²) in [6.45, 7) is 10.5. The second kappa shape index (κ2) is 9.61. The fraction of sp³-hybridized carbons (Fsp3) is 0.536. The molecule has 5 nitrogen and oxygen atoms in total. The van der Waals surface area contributed by atoms with Crippen molar-refractivity contribution in [3.05, 3.63) is 48.0 Å². The van der Waals surface area contributed by atoms with Gasteiger partial charge in [-0.25, -0.2) is 4.98 Å². The van der Waals surface area contributed by atoms with Crippen LogP contribution in [0.1, 0.15) is 71.9 Å². The number of alkyl halides is 3. The van der Waals surface area contributed by atoms with Gasteiger partial charge in [-0.2, -0.15) is 0 Å². The van der Waals surface area contributed by atoms with Gasteiger partial charge < -0.3 is 19.7 Å². The molecule has 2 aromatic carbocycles. The highest BCUT2D eigenvalue weighted by Gasteiger charge is 2.35. The van der Waals surface area contributed by atoms with E-state index in [9.17, 15) is 18.3 Å². The lowest BCUT2D eigenvalue weighted by Crippen LogP contribution is -2.29. The largest absolute Gasteiger partial charge is 0.573 e. The average molecular weight is 504 g/mol. The molecule has 2 atom stereocenters. The van der Waals surface area contributed by atoms with Gasteiger partial charge in [-0.05, 0) is 99.2 Å². The Hall–Kier alpha value is -2.74. The molecule has 1 saturated carbocycles. The molecule has 8 heteroatoms. The van der Waals surface area contributed by atoms with Gasteiger partial charge in [0.2, 0.25) is 5.95 Å². The van der Waals surface area contributed by atoms with Crippen LogP contribution in [-0.2, 0) is 6.42 Å². The van der Waals surface area contributed by atoms with Crippen molar-refractivity contribution in [3.63, 3.8) is 0 Å². The van der Waals surface area contributed by atoms with Crippen LogP contribution in [0.15, 0.2) is 42.5 Å².